The predicted molar refractivity (Wildman–Crippen MR) is 71.2 cm³/mol. The van der Waals surface area contributed by atoms with Crippen molar-refractivity contribution in [2.24, 2.45) is 11.8 Å². The highest BCUT2D eigenvalue weighted by Crippen LogP contribution is 2.24. The maximum Gasteiger partial charge on any atom is 0.118 e. The quantitative estimate of drug-likeness (QED) is 0.795. The van der Waals surface area contributed by atoms with Crippen molar-refractivity contribution in [2.75, 3.05) is 20.2 Å². The SMILES string of the molecule is COc1ccc(CN2CCC(C)C(C)C2)cc1. The first-order valence-corrected chi connectivity index (χ1v) is 6.54. The normalized spacial score (nSPS) is 25.8. The lowest BCUT2D eigenvalue weighted by Gasteiger charge is -2.35. The zero-order valence-electron chi connectivity index (χ0n) is 11.1. The highest BCUT2D eigenvalue weighted by Gasteiger charge is 2.22. The number of piperidine rings is 1. The van der Waals surface area contributed by atoms with Crippen LogP contribution in [-0.4, -0.2) is 25.1 Å². The molecule has 0 amide bonds. The summed E-state index contributed by atoms with van der Waals surface area (Å²) in [5.41, 5.74) is 1.38. The Morgan fingerprint density at radius 1 is 1.18 bits per heavy atom. The van der Waals surface area contributed by atoms with Crippen molar-refractivity contribution in [3.05, 3.63) is 29.8 Å². The summed E-state index contributed by atoms with van der Waals surface area (Å²) in [7, 11) is 1.71. The number of likely N-dealkylation sites (tertiary alicyclic amines) is 1. The van der Waals surface area contributed by atoms with Crippen molar-refractivity contribution < 1.29 is 4.74 Å². The molecular weight excluding hydrogens is 210 g/mol. The molecule has 2 nitrogen and oxygen atoms in total. The number of benzene rings is 1. The lowest BCUT2D eigenvalue weighted by atomic mass is 9.88. The van der Waals surface area contributed by atoms with Crippen LogP contribution in [0.25, 0.3) is 0 Å². The average Bonchev–Trinajstić information content (AvgIpc) is 2.35. The van der Waals surface area contributed by atoms with Crippen LogP contribution in [0.15, 0.2) is 24.3 Å². The minimum absolute atomic E-state index is 0.821. The van der Waals surface area contributed by atoms with Gasteiger partial charge in [-0.15, -0.1) is 0 Å². The van der Waals surface area contributed by atoms with Crippen molar-refractivity contribution in [2.45, 2.75) is 26.8 Å². The van der Waals surface area contributed by atoms with E-state index in [0.717, 1.165) is 24.1 Å². The van der Waals surface area contributed by atoms with E-state index in [2.05, 4.69) is 30.9 Å². The number of hydrogen-bond donors (Lipinski definition) is 0. The minimum Gasteiger partial charge on any atom is -0.497 e. The maximum atomic E-state index is 5.18. The zero-order chi connectivity index (χ0) is 12.3. The molecule has 1 aromatic rings. The molecule has 1 aliphatic heterocycles. The van der Waals surface area contributed by atoms with Crippen LogP contribution in [0.1, 0.15) is 25.8 Å². The topological polar surface area (TPSA) is 12.5 Å². The molecule has 0 N–H and O–H groups in total. The fraction of sp³-hybridized carbons (Fsp3) is 0.600. The first-order valence-electron chi connectivity index (χ1n) is 6.54. The van der Waals surface area contributed by atoms with E-state index in [1.807, 2.05) is 12.1 Å². The Morgan fingerprint density at radius 2 is 1.88 bits per heavy atom. The number of nitrogens with zero attached hydrogens (tertiary/aromatic N) is 1. The summed E-state index contributed by atoms with van der Waals surface area (Å²) in [5.74, 6) is 2.64. The molecule has 2 atom stereocenters. The number of rotatable bonds is 3. The van der Waals surface area contributed by atoms with Crippen LogP contribution in [0, 0.1) is 11.8 Å². The van der Waals surface area contributed by atoms with Gasteiger partial charge >= 0.3 is 0 Å². The van der Waals surface area contributed by atoms with Crippen molar-refractivity contribution in [1.29, 1.82) is 0 Å². The second kappa shape index (κ2) is 5.54. The summed E-state index contributed by atoms with van der Waals surface area (Å²) >= 11 is 0. The minimum atomic E-state index is 0.821. The van der Waals surface area contributed by atoms with Gasteiger partial charge in [-0.2, -0.15) is 0 Å². The van der Waals surface area contributed by atoms with E-state index in [9.17, 15) is 0 Å². The number of methoxy groups -OCH3 is 1. The molecule has 2 unspecified atom stereocenters. The Morgan fingerprint density at radius 3 is 2.47 bits per heavy atom. The van der Waals surface area contributed by atoms with E-state index in [1.165, 1.54) is 25.1 Å². The Bertz CT molecular complexity index is 346. The van der Waals surface area contributed by atoms with Crippen LogP contribution in [-0.2, 0) is 6.54 Å². The second-order valence-corrected chi connectivity index (χ2v) is 5.33. The Balaban J connectivity index is 1.92. The van der Waals surface area contributed by atoms with Crippen LogP contribution < -0.4 is 4.74 Å². The zero-order valence-corrected chi connectivity index (χ0v) is 11.1. The van der Waals surface area contributed by atoms with Gasteiger partial charge in [0.05, 0.1) is 7.11 Å². The fourth-order valence-electron chi connectivity index (χ4n) is 2.48. The highest BCUT2D eigenvalue weighted by molar-refractivity contribution is 5.27. The fourth-order valence-corrected chi connectivity index (χ4v) is 2.48. The molecule has 1 saturated heterocycles. The molecule has 2 rings (SSSR count). The van der Waals surface area contributed by atoms with Crippen LogP contribution in [0.2, 0.25) is 0 Å². The average molecular weight is 233 g/mol. The molecule has 1 heterocycles. The smallest absolute Gasteiger partial charge is 0.118 e. The summed E-state index contributed by atoms with van der Waals surface area (Å²) in [6.07, 6.45) is 1.33. The van der Waals surface area contributed by atoms with Gasteiger partial charge < -0.3 is 4.74 Å². The number of ether oxygens (including phenoxy) is 1. The van der Waals surface area contributed by atoms with Crippen molar-refractivity contribution in [1.82, 2.24) is 4.90 Å². The summed E-state index contributed by atoms with van der Waals surface area (Å²) < 4.78 is 5.18. The van der Waals surface area contributed by atoms with Crippen LogP contribution in [0.5, 0.6) is 5.75 Å². The molecule has 0 bridgehead atoms. The van der Waals surface area contributed by atoms with Gasteiger partial charge in [-0.05, 0) is 42.5 Å². The first kappa shape index (κ1) is 12.4. The van der Waals surface area contributed by atoms with E-state index in [1.54, 1.807) is 7.11 Å². The lowest BCUT2D eigenvalue weighted by Crippen LogP contribution is -2.37. The summed E-state index contributed by atoms with van der Waals surface area (Å²) in [6, 6.07) is 8.43. The van der Waals surface area contributed by atoms with Gasteiger partial charge in [0.1, 0.15) is 5.75 Å². The molecule has 1 aliphatic rings. The van der Waals surface area contributed by atoms with Crippen LogP contribution >= 0.6 is 0 Å². The third-order valence-corrected chi connectivity index (χ3v) is 3.98. The maximum absolute atomic E-state index is 5.18. The summed E-state index contributed by atoms with van der Waals surface area (Å²) in [5, 5.41) is 0. The molecule has 0 spiro atoms. The lowest BCUT2D eigenvalue weighted by molar-refractivity contribution is 0.132. The van der Waals surface area contributed by atoms with Crippen LogP contribution in [0.3, 0.4) is 0 Å². The molecule has 2 heteroatoms. The summed E-state index contributed by atoms with van der Waals surface area (Å²) in [4.78, 5) is 2.56. The van der Waals surface area contributed by atoms with Gasteiger partial charge in [-0.25, -0.2) is 0 Å². The molecule has 94 valence electrons. The van der Waals surface area contributed by atoms with Crippen LogP contribution in [0.4, 0.5) is 0 Å². The molecule has 0 aromatic heterocycles. The third kappa shape index (κ3) is 3.22. The van der Waals surface area contributed by atoms with Crippen molar-refractivity contribution >= 4 is 0 Å². The molecule has 0 aliphatic carbocycles. The van der Waals surface area contributed by atoms with Gasteiger partial charge in [0.15, 0.2) is 0 Å². The number of hydrogen-bond acceptors (Lipinski definition) is 2. The Labute approximate surface area is 105 Å². The highest BCUT2D eigenvalue weighted by atomic mass is 16.5. The standard InChI is InChI=1S/C15H23NO/c1-12-8-9-16(10-13(12)2)11-14-4-6-15(17-3)7-5-14/h4-7,12-13H,8-11H2,1-3H3. The van der Waals surface area contributed by atoms with E-state index < -0.39 is 0 Å². The molecule has 1 fully saturated rings. The third-order valence-electron chi connectivity index (χ3n) is 3.98. The van der Waals surface area contributed by atoms with Gasteiger partial charge in [-0.1, -0.05) is 26.0 Å². The summed E-state index contributed by atoms with van der Waals surface area (Å²) in [6.45, 7) is 8.27. The van der Waals surface area contributed by atoms with Gasteiger partial charge in [0.25, 0.3) is 0 Å². The van der Waals surface area contributed by atoms with Crippen molar-refractivity contribution in [3.63, 3.8) is 0 Å². The molecule has 0 radical (unpaired) electrons. The van der Waals surface area contributed by atoms with Crippen molar-refractivity contribution in [3.8, 4) is 5.75 Å². The second-order valence-electron chi connectivity index (χ2n) is 5.33. The van der Waals surface area contributed by atoms with Gasteiger partial charge in [-0.3, -0.25) is 4.90 Å². The largest absolute Gasteiger partial charge is 0.497 e. The predicted octanol–water partition coefficient (Wildman–Crippen LogP) is 3.17. The van der Waals surface area contributed by atoms with E-state index in [4.69, 9.17) is 4.74 Å². The molecular formula is C15H23NO. The molecule has 17 heavy (non-hydrogen) atoms. The monoisotopic (exact) mass is 233 g/mol. The van der Waals surface area contributed by atoms with E-state index in [-0.39, 0.29) is 0 Å². The first-order chi connectivity index (χ1) is 8.19. The van der Waals surface area contributed by atoms with Gasteiger partial charge in [0, 0.05) is 13.1 Å². The molecule has 1 aromatic carbocycles. The van der Waals surface area contributed by atoms with E-state index >= 15 is 0 Å². The molecule has 0 saturated carbocycles. The van der Waals surface area contributed by atoms with E-state index in [0.29, 0.717) is 0 Å². The Kier molecular flexibility index (Phi) is 4.06. The van der Waals surface area contributed by atoms with Gasteiger partial charge in [0.2, 0.25) is 0 Å². The Hall–Kier alpha value is -1.02.